The highest BCUT2D eigenvalue weighted by Gasteiger charge is 2.23. The maximum atomic E-state index is 12.1. The Hall–Kier alpha value is -2.09. The Morgan fingerprint density at radius 1 is 1.33 bits per heavy atom. The van der Waals surface area contributed by atoms with Crippen molar-refractivity contribution in [2.75, 3.05) is 12.8 Å². The fourth-order valence-corrected chi connectivity index (χ4v) is 2.03. The summed E-state index contributed by atoms with van der Waals surface area (Å²) in [4.78, 5) is 23.3. The highest BCUT2D eigenvalue weighted by atomic mass is 32.2. The maximum absolute atomic E-state index is 12.1. The van der Waals surface area contributed by atoms with E-state index in [0.29, 0.717) is 6.54 Å². The lowest BCUT2D eigenvalue weighted by Gasteiger charge is -2.13. The Bertz CT molecular complexity index is 651. The van der Waals surface area contributed by atoms with Crippen LogP contribution in [-0.2, 0) is 10.1 Å². The first kappa shape index (κ1) is 17.0. The Kier molecular flexibility index (Phi) is 5.31. The van der Waals surface area contributed by atoms with E-state index in [4.69, 9.17) is 9.29 Å². The van der Waals surface area contributed by atoms with Crippen LogP contribution in [0.1, 0.15) is 34.6 Å². The van der Waals surface area contributed by atoms with Gasteiger partial charge < -0.3 is 14.6 Å². The molecule has 0 unspecified atom stereocenters. The predicted molar refractivity (Wildman–Crippen MR) is 76.0 cm³/mol. The number of carbonyl (C=O) groups is 2. The monoisotopic (exact) mass is 315 g/mol. The highest BCUT2D eigenvalue weighted by Crippen LogP contribution is 2.24. The highest BCUT2D eigenvalue weighted by molar-refractivity contribution is 7.86. The van der Waals surface area contributed by atoms with Crippen molar-refractivity contribution in [3.05, 3.63) is 29.3 Å². The first-order valence-corrected chi connectivity index (χ1v) is 7.97. The molecule has 116 valence electrons. The van der Waals surface area contributed by atoms with Gasteiger partial charge >= 0.3 is 16.1 Å². The normalized spacial score (nSPS) is 11.2. The zero-order valence-electron chi connectivity index (χ0n) is 11.9. The molecule has 0 fully saturated rings. The second-order valence-corrected chi connectivity index (χ2v) is 6.45. The number of carboxylic acids is 1. The van der Waals surface area contributed by atoms with Crippen molar-refractivity contribution >= 4 is 22.0 Å². The summed E-state index contributed by atoms with van der Waals surface area (Å²) in [5.74, 6) is -2.19. The summed E-state index contributed by atoms with van der Waals surface area (Å²) < 4.78 is 27.1. The summed E-state index contributed by atoms with van der Waals surface area (Å²) in [7, 11) is -3.88. The second-order valence-electron chi connectivity index (χ2n) is 4.88. The molecule has 0 saturated carbocycles. The zero-order chi connectivity index (χ0) is 16.2. The van der Waals surface area contributed by atoms with Gasteiger partial charge in [0.25, 0.3) is 5.91 Å². The number of hydrogen-bond donors (Lipinski definition) is 2. The minimum atomic E-state index is -3.88. The van der Waals surface area contributed by atoms with Crippen LogP contribution >= 0.6 is 0 Å². The molecule has 8 heteroatoms. The average Bonchev–Trinajstić information content (AvgIpc) is 2.33. The average molecular weight is 315 g/mol. The topological polar surface area (TPSA) is 110 Å². The molecule has 2 N–H and O–H groups in total. The van der Waals surface area contributed by atoms with Crippen LogP contribution in [0.15, 0.2) is 18.2 Å². The third-order valence-corrected chi connectivity index (χ3v) is 2.88. The number of nitrogens with one attached hydrogen (secondary N) is 1. The Morgan fingerprint density at radius 3 is 2.43 bits per heavy atom. The fraction of sp³-hybridized carbons (Fsp3) is 0.385. The molecule has 1 aromatic carbocycles. The van der Waals surface area contributed by atoms with Crippen LogP contribution in [0.3, 0.4) is 0 Å². The van der Waals surface area contributed by atoms with Gasteiger partial charge in [0.15, 0.2) is 5.75 Å². The van der Waals surface area contributed by atoms with Gasteiger partial charge in [0.1, 0.15) is 0 Å². The minimum Gasteiger partial charge on any atom is -0.478 e. The molecule has 1 amide bonds. The molecule has 1 aromatic rings. The lowest BCUT2D eigenvalue weighted by atomic mass is 10.1. The number of rotatable bonds is 6. The third kappa shape index (κ3) is 5.07. The summed E-state index contributed by atoms with van der Waals surface area (Å²) in [6.45, 7) is 4.07. The van der Waals surface area contributed by atoms with E-state index in [2.05, 4.69) is 5.32 Å². The largest absolute Gasteiger partial charge is 0.478 e. The molecule has 7 nitrogen and oxygen atoms in total. The van der Waals surface area contributed by atoms with Crippen molar-refractivity contribution in [1.29, 1.82) is 0 Å². The first-order chi connectivity index (χ1) is 9.61. The van der Waals surface area contributed by atoms with E-state index in [9.17, 15) is 18.0 Å². The summed E-state index contributed by atoms with van der Waals surface area (Å²) in [6, 6.07) is 3.75. The van der Waals surface area contributed by atoms with Crippen LogP contribution in [0.25, 0.3) is 0 Å². The quantitative estimate of drug-likeness (QED) is 0.761. The van der Waals surface area contributed by atoms with Crippen molar-refractivity contribution in [1.82, 2.24) is 5.32 Å². The Labute approximate surface area is 123 Å². The number of amides is 1. The molecule has 0 atom stereocenters. The number of hydrogen-bond acceptors (Lipinski definition) is 5. The summed E-state index contributed by atoms with van der Waals surface area (Å²) in [5.41, 5.74) is -0.631. The Morgan fingerprint density at radius 2 is 1.95 bits per heavy atom. The SMILES string of the molecule is CC(C)CNC(=O)c1c(OS(C)(=O)=O)cccc1C(=O)O. The molecular weight excluding hydrogens is 298 g/mol. The van der Waals surface area contributed by atoms with Crippen LogP contribution in [-0.4, -0.2) is 38.2 Å². The van der Waals surface area contributed by atoms with Crippen molar-refractivity contribution in [3.8, 4) is 5.75 Å². The van der Waals surface area contributed by atoms with Crippen LogP contribution in [0.5, 0.6) is 5.75 Å². The van der Waals surface area contributed by atoms with Crippen LogP contribution in [0, 0.1) is 5.92 Å². The third-order valence-electron chi connectivity index (χ3n) is 2.40. The van der Waals surface area contributed by atoms with Gasteiger partial charge in [0.2, 0.25) is 0 Å². The molecule has 0 radical (unpaired) electrons. The standard InChI is InChI=1S/C13H17NO6S/c1-8(2)7-14-12(15)11-9(13(16)17)5-4-6-10(11)20-21(3,18)19/h4-6,8H,7H2,1-3H3,(H,14,15)(H,16,17). The fourth-order valence-electron chi connectivity index (χ4n) is 1.56. The predicted octanol–water partition coefficient (Wildman–Crippen LogP) is 1.11. The number of carboxylic acid groups (broad SMARTS) is 1. The lowest BCUT2D eigenvalue weighted by molar-refractivity contribution is 0.0690. The zero-order valence-corrected chi connectivity index (χ0v) is 12.7. The first-order valence-electron chi connectivity index (χ1n) is 6.15. The van der Waals surface area contributed by atoms with Crippen molar-refractivity contribution < 1.29 is 27.3 Å². The van der Waals surface area contributed by atoms with E-state index in [1.54, 1.807) is 0 Å². The molecule has 0 aliphatic carbocycles. The smallest absolute Gasteiger partial charge is 0.336 e. The summed E-state index contributed by atoms with van der Waals surface area (Å²) >= 11 is 0. The molecule has 0 heterocycles. The molecule has 1 rings (SSSR count). The second kappa shape index (κ2) is 6.57. The van der Waals surface area contributed by atoms with Gasteiger partial charge in [0.05, 0.1) is 17.4 Å². The van der Waals surface area contributed by atoms with E-state index in [1.165, 1.54) is 18.2 Å². The van der Waals surface area contributed by atoms with Gasteiger partial charge in [-0.25, -0.2) is 4.79 Å². The molecule has 0 bridgehead atoms. The number of carbonyl (C=O) groups excluding carboxylic acids is 1. The molecule has 0 saturated heterocycles. The van der Waals surface area contributed by atoms with E-state index in [0.717, 1.165) is 6.26 Å². The Balaban J connectivity index is 3.29. The molecule has 0 aromatic heterocycles. The van der Waals surface area contributed by atoms with Crippen molar-refractivity contribution in [2.45, 2.75) is 13.8 Å². The van der Waals surface area contributed by atoms with E-state index < -0.39 is 22.0 Å². The molecular formula is C13H17NO6S. The van der Waals surface area contributed by atoms with E-state index in [-0.39, 0.29) is 22.8 Å². The molecule has 21 heavy (non-hydrogen) atoms. The molecule has 0 spiro atoms. The number of benzene rings is 1. The van der Waals surface area contributed by atoms with E-state index >= 15 is 0 Å². The van der Waals surface area contributed by atoms with Crippen LogP contribution < -0.4 is 9.50 Å². The molecule has 0 aliphatic rings. The van der Waals surface area contributed by atoms with Gasteiger partial charge in [0, 0.05) is 6.54 Å². The van der Waals surface area contributed by atoms with Crippen LogP contribution in [0.4, 0.5) is 0 Å². The van der Waals surface area contributed by atoms with Gasteiger partial charge in [-0.3, -0.25) is 4.79 Å². The lowest BCUT2D eigenvalue weighted by Crippen LogP contribution is -2.29. The van der Waals surface area contributed by atoms with Gasteiger partial charge in [-0.1, -0.05) is 19.9 Å². The van der Waals surface area contributed by atoms with Gasteiger partial charge in [-0.15, -0.1) is 0 Å². The molecule has 0 aliphatic heterocycles. The summed E-state index contributed by atoms with van der Waals surface area (Å²) in [5, 5.41) is 11.7. The summed E-state index contributed by atoms with van der Waals surface area (Å²) in [6.07, 6.45) is 0.816. The van der Waals surface area contributed by atoms with Gasteiger partial charge in [-0.2, -0.15) is 8.42 Å². The van der Waals surface area contributed by atoms with Crippen molar-refractivity contribution in [2.24, 2.45) is 5.92 Å². The van der Waals surface area contributed by atoms with Gasteiger partial charge in [-0.05, 0) is 18.1 Å². The van der Waals surface area contributed by atoms with Crippen molar-refractivity contribution in [3.63, 3.8) is 0 Å². The maximum Gasteiger partial charge on any atom is 0.336 e. The van der Waals surface area contributed by atoms with E-state index in [1.807, 2.05) is 13.8 Å². The van der Waals surface area contributed by atoms with Crippen LogP contribution in [0.2, 0.25) is 0 Å². The number of aromatic carboxylic acids is 1. The minimum absolute atomic E-state index is 0.158.